The highest BCUT2D eigenvalue weighted by atomic mass is 35.5. The highest BCUT2D eigenvalue weighted by Crippen LogP contribution is 2.22. The van der Waals surface area contributed by atoms with Gasteiger partial charge in [0.05, 0.1) is 6.54 Å². The normalized spacial score (nSPS) is 17.6. The highest BCUT2D eigenvalue weighted by molar-refractivity contribution is 5.85. The predicted molar refractivity (Wildman–Crippen MR) is 99.1 cm³/mol. The van der Waals surface area contributed by atoms with Gasteiger partial charge in [-0.2, -0.15) is 0 Å². The van der Waals surface area contributed by atoms with Crippen molar-refractivity contribution >= 4 is 18.3 Å². The van der Waals surface area contributed by atoms with Crippen molar-refractivity contribution in [2.24, 2.45) is 0 Å². The van der Waals surface area contributed by atoms with Crippen LogP contribution in [0.4, 0.5) is 4.39 Å². The van der Waals surface area contributed by atoms with Crippen LogP contribution in [-0.2, 0) is 11.3 Å². The summed E-state index contributed by atoms with van der Waals surface area (Å²) in [5, 5.41) is 6.27. The first-order valence-corrected chi connectivity index (χ1v) is 8.23. The van der Waals surface area contributed by atoms with Crippen LogP contribution in [0, 0.1) is 5.82 Å². The van der Waals surface area contributed by atoms with Crippen molar-refractivity contribution in [3.63, 3.8) is 0 Å². The number of benzene rings is 2. The maximum atomic E-state index is 13.5. The van der Waals surface area contributed by atoms with Gasteiger partial charge in [0.25, 0.3) is 0 Å². The maximum Gasteiger partial charge on any atom is 0.234 e. The van der Waals surface area contributed by atoms with Gasteiger partial charge in [-0.3, -0.25) is 9.69 Å². The Morgan fingerprint density at radius 1 is 1.20 bits per heavy atom. The zero-order valence-corrected chi connectivity index (χ0v) is 14.8. The summed E-state index contributed by atoms with van der Waals surface area (Å²) in [7, 11) is 0. The minimum Gasteiger partial charge on any atom is -0.351 e. The third kappa shape index (κ3) is 5.53. The van der Waals surface area contributed by atoms with E-state index in [-0.39, 0.29) is 30.2 Å². The van der Waals surface area contributed by atoms with Crippen molar-refractivity contribution < 1.29 is 9.18 Å². The summed E-state index contributed by atoms with van der Waals surface area (Å²) in [6.45, 7) is 3.15. The first-order valence-electron chi connectivity index (χ1n) is 8.23. The Kier molecular flexibility index (Phi) is 7.37. The molecule has 1 saturated heterocycles. The van der Waals surface area contributed by atoms with Gasteiger partial charge in [-0.25, -0.2) is 4.39 Å². The maximum absolute atomic E-state index is 13.5. The van der Waals surface area contributed by atoms with Gasteiger partial charge < -0.3 is 10.6 Å². The molecule has 2 aromatic rings. The van der Waals surface area contributed by atoms with E-state index in [1.165, 1.54) is 6.07 Å². The number of amides is 1. The summed E-state index contributed by atoms with van der Waals surface area (Å²) in [6, 6.07) is 16.5. The number of halogens is 2. The molecule has 0 bridgehead atoms. The number of rotatable bonds is 5. The number of hydrogen-bond donors (Lipinski definition) is 2. The summed E-state index contributed by atoms with van der Waals surface area (Å²) in [6.07, 6.45) is 0. The van der Waals surface area contributed by atoms with Crippen molar-refractivity contribution in [2.75, 3.05) is 26.2 Å². The fourth-order valence-electron chi connectivity index (χ4n) is 3.02. The Morgan fingerprint density at radius 3 is 2.76 bits per heavy atom. The average molecular weight is 364 g/mol. The molecule has 134 valence electrons. The molecule has 3 rings (SSSR count). The van der Waals surface area contributed by atoms with E-state index in [2.05, 4.69) is 15.5 Å². The van der Waals surface area contributed by atoms with Crippen LogP contribution >= 0.6 is 12.4 Å². The molecule has 6 heteroatoms. The first kappa shape index (κ1) is 19.4. The molecule has 2 aromatic carbocycles. The van der Waals surface area contributed by atoms with Crippen LogP contribution < -0.4 is 10.6 Å². The van der Waals surface area contributed by atoms with Crippen molar-refractivity contribution in [2.45, 2.75) is 12.6 Å². The van der Waals surface area contributed by atoms with Crippen LogP contribution in [0.3, 0.4) is 0 Å². The summed E-state index contributed by atoms with van der Waals surface area (Å²) in [5.74, 6) is -0.256. The third-order valence-corrected chi connectivity index (χ3v) is 4.27. The molecule has 0 aliphatic carbocycles. The summed E-state index contributed by atoms with van der Waals surface area (Å²) in [5.41, 5.74) is 1.98. The molecule has 25 heavy (non-hydrogen) atoms. The number of hydrogen-bond acceptors (Lipinski definition) is 3. The predicted octanol–water partition coefficient (Wildman–Crippen LogP) is 2.51. The molecule has 0 aromatic heterocycles. The van der Waals surface area contributed by atoms with E-state index in [1.54, 1.807) is 12.1 Å². The molecule has 1 amide bonds. The lowest BCUT2D eigenvalue weighted by atomic mass is 10.0. The smallest absolute Gasteiger partial charge is 0.234 e. The molecular formula is C19H23ClFN3O. The van der Waals surface area contributed by atoms with Crippen LogP contribution in [0.5, 0.6) is 0 Å². The Bertz CT molecular complexity index is 683. The standard InChI is InChI=1S/C19H22FN3O.ClH/c20-17-8-4-7-16(11-17)18-13-21-9-10-23(18)14-19(24)22-12-15-5-2-1-3-6-15;/h1-8,11,18,21H,9-10,12-14H2,(H,22,24);1H. The van der Waals surface area contributed by atoms with Gasteiger partial charge in [0.2, 0.25) is 5.91 Å². The molecule has 0 radical (unpaired) electrons. The molecule has 1 atom stereocenters. The van der Waals surface area contributed by atoms with Crippen molar-refractivity contribution in [1.82, 2.24) is 15.5 Å². The van der Waals surface area contributed by atoms with E-state index in [4.69, 9.17) is 0 Å². The highest BCUT2D eigenvalue weighted by Gasteiger charge is 2.25. The van der Waals surface area contributed by atoms with E-state index >= 15 is 0 Å². The summed E-state index contributed by atoms with van der Waals surface area (Å²) < 4.78 is 13.5. The Morgan fingerprint density at radius 2 is 2.00 bits per heavy atom. The van der Waals surface area contributed by atoms with E-state index in [1.807, 2.05) is 36.4 Å². The zero-order chi connectivity index (χ0) is 16.8. The Labute approximate surface area is 153 Å². The number of piperazine rings is 1. The second-order valence-electron chi connectivity index (χ2n) is 6.01. The van der Waals surface area contributed by atoms with Crippen molar-refractivity contribution in [1.29, 1.82) is 0 Å². The molecule has 1 aliphatic rings. The van der Waals surface area contributed by atoms with Crippen LogP contribution in [0.2, 0.25) is 0 Å². The molecule has 0 spiro atoms. The monoisotopic (exact) mass is 363 g/mol. The quantitative estimate of drug-likeness (QED) is 0.858. The SMILES string of the molecule is Cl.O=C(CN1CCNCC1c1cccc(F)c1)NCc1ccccc1. The van der Waals surface area contributed by atoms with Crippen molar-refractivity contribution in [3.05, 3.63) is 71.5 Å². The second-order valence-corrected chi connectivity index (χ2v) is 6.01. The van der Waals surface area contributed by atoms with E-state index in [9.17, 15) is 9.18 Å². The van der Waals surface area contributed by atoms with Gasteiger partial charge in [0.15, 0.2) is 0 Å². The zero-order valence-electron chi connectivity index (χ0n) is 14.0. The molecule has 1 fully saturated rings. The molecule has 1 heterocycles. The van der Waals surface area contributed by atoms with Gasteiger partial charge in [-0.1, -0.05) is 42.5 Å². The minimum atomic E-state index is -0.244. The largest absolute Gasteiger partial charge is 0.351 e. The fourth-order valence-corrected chi connectivity index (χ4v) is 3.02. The Hall–Kier alpha value is -1.95. The topological polar surface area (TPSA) is 44.4 Å². The van der Waals surface area contributed by atoms with E-state index in [0.717, 1.165) is 30.8 Å². The van der Waals surface area contributed by atoms with Crippen LogP contribution in [0.25, 0.3) is 0 Å². The van der Waals surface area contributed by atoms with Crippen LogP contribution in [-0.4, -0.2) is 37.0 Å². The summed E-state index contributed by atoms with van der Waals surface area (Å²) >= 11 is 0. The van der Waals surface area contributed by atoms with Crippen LogP contribution in [0.15, 0.2) is 54.6 Å². The lowest BCUT2D eigenvalue weighted by molar-refractivity contribution is -0.123. The molecular weight excluding hydrogens is 341 g/mol. The number of carbonyl (C=O) groups is 1. The molecule has 1 unspecified atom stereocenters. The Balaban J connectivity index is 0.00000225. The number of nitrogens with one attached hydrogen (secondary N) is 2. The van der Waals surface area contributed by atoms with Gasteiger partial charge in [0.1, 0.15) is 5.82 Å². The minimum absolute atomic E-state index is 0. The fraction of sp³-hybridized carbons (Fsp3) is 0.316. The van der Waals surface area contributed by atoms with Crippen LogP contribution in [0.1, 0.15) is 17.2 Å². The molecule has 4 nitrogen and oxygen atoms in total. The lowest BCUT2D eigenvalue weighted by Gasteiger charge is -2.36. The third-order valence-electron chi connectivity index (χ3n) is 4.27. The molecule has 1 aliphatic heterocycles. The second kappa shape index (κ2) is 9.51. The van der Waals surface area contributed by atoms with Gasteiger partial charge >= 0.3 is 0 Å². The van der Waals surface area contributed by atoms with Gasteiger partial charge in [-0.05, 0) is 23.3 Å². The lowest BCUT2D eigenvalue weighted by Crippen LogP contribution is -2.49. The van der Waals surface area contributed by atoms with E-state index in [0.29, 0.717) is 13.1 Å². The molecule has 2 N–H and O–H groups in total. The average Bonchev–Trinajstić information content (AvgIpc) is 2.61. The van der Waals surface area contributed by atoms with Gasteiger partial charge in [0, 0.05) is 32.2 Å². The summed E-state index contributed by atoms with van der Waals surface area (Å²) in [4.78, 5) is 14.4. The number of carbonyl (C=O) groups excluding carboxylic acids is 1. The van der Waals surface area contributed by atoms with Gasteiger partial charge in [-0.15, -0.1) is 12.4 Å². The molecule has 0 saturated carbocycles. The number of nitrogens with zero attached hydrogens (tertiary/aromatic N) is 1. The first-order chi connectivity index (χ1) is 11.7. The van der Waals surface area contributed by atoms with Crippen molar-refractivity contribution in [3.8, 4) is 0 Å². The van der Waals surface area contributed by atoms with E-state index < -0.39 is 0 Å².